The number of nitrogens with zero attached hydrogens (tertiary/aromatic N) is 2. The van der Waals surface area contributed by atoms with Gasteiger partial charge < -0.3 is 16.2 Å². The first-order valence-corrected chi connectivity index (χ1v) is 13.2. The number of anilines is 1. The Hall–Kier alpha value is -4.24. The molecule has 228 valence electrons. The summed E-state index contributed by atoms with van der Waals surface area (Å²) in [5, 5.41) is 12.2. The number of benzodiazepines with no additional fused rings is 1. The fourth-order valence-corrected chi connectivity index (χ4v) is 3.83. The lowest BCUT2D eigenvalue weighted by Gasteiger charge is -2.24. The summed E-state index contributed by atoms with van der Waals surface area (Å²) >= 11 is 0. The number of halogens is 4. The molecule has 8 nitrogen and oxygen atoms in total. The topological polar surface area (TPSA) is 125 Å². The van der Waals surface area contributed by atoms with Crippen LogP contribution in [0.5, 0.6) is 0 Å². The first-order chi connectivity index (χ1) is 20.0. The lowest BCUT2D eigenvalue weighted by atomic mass is 9.99. The second kappa shape index (κ2) is 17.5. The molecule has 0 unspecified atom stereocenters. The molecular formula is C30H36F4N4O4. The molecule has 0 radical (unpaired) electrons. The molecule has 1 aliphatic heterocycles. The third kappa shape index (κ3) is 11.0. The minimum Gasteiger partial charge on any atom is -0.376 e. The number of alkyl halides is 3. The molecule has 2 aromatic rings. The van der Waals surface area contributed by atoms with Crippen molar-refractivity contribution in [2.75, 3.05) is 11.6 Å². The van der Waals surface area contributed by atoms with E-state index in [1.807, 2.05) is 0 Å². The van der Waals surface area contributed by atoms with Gasteiger partial charge in [-0.05, 0) is 24.8 Å². The number of primary amides is 1. The number of para-hydroxylation sites is 1. The maximum Gasteiger partial charge on any atom is 0.389 e. The summed E-state index contributed by atoms with van der Waals surface area (Å²) in [6, 6.07) is 12.6. The van der Waals surface area contributed by atoms with Crippen LogP contribution in [-0.2, 0) is 14.4 Å². The van der Waals surface area contributed by atoms with Gasteiger partial charge in [-0.2, -0.15) is 13.2 Å². The van der Waals surface area contributed by atoms with E-state index in [4.69, 9.17) is 4.79 Å². The number of nitrogens with one attached hydrogen (secondary N) is 1. The highest BCUT2D eigenvalue weighted by Gasteiger charge is 2.36. The largest absolute Gasteiger partial charge is 0.389 e. The van der Waals surface area contributed by atoms with Crippen LogP contribution in [-0.4, -0.2) is 48.1 Å². The number of nitrogens with two attached hydrogens (primary N) is 1. The average Bonchev–Trinajstić information content (AvgIpc) is 3.77. The molecule has 12 heteroatoms. The summed E-state index contributed by atoms with van der Waals surface area (Å²) in [5.74, 6) is -2.38. The number of aliphatic hydroxyl groups excluding tert-OH is 1. The van der Waals surface area contributed by atoms with Crippen LogP contribution in [0.2, 0.25) is 0 Å². The SMILES string of the molecule is C#C.CC1CC1.CC[C@@H](CCC(F)(F)F)C(=O)N[C@H]1N=C(c2ccccc2)c2cccc(F)c2N(CO)C1=O.NC=O. The van der Waals surface area contributed by atoms with Crippen LogP contribution in [0.1, 0.15) is 57.1 Å². The molecule has 3 amide bonds. The first-order valence-electron chi connectivity index (χ1n) is 13.2. The van der Waals surface area contributed by atoms with E-state index in [0.717, 1.165) is 16.9 Å². The summed E-state index contributed by atoms with van der Waals surface area (Å²) < 4.78 is 52.7. The van der Waals surface area contributed by atoms with Gasteiger partial charge in [-0.3, -0.25) is 19.3 Å². The molecule has 1 heterocycles. The molecule has 2 aromatic carbocycles. The molecular weight excluding hydrogens is 556 g/mol. The van der Waals surface area contributed by atoms with Crippen molar-refractivity contribution in [2.45, 2.75) is 58.3 Å². The monoisotopic (exact) mass is 592 g/mol. The Morgan fingerprint density at radius 2 is 1.76 bits per heavy atom. The number of benzene rings is 2. The number of aliphatic hydroxyl groups is 1. The Labute approximate surface area is 243 Å². The van der Waals surface area contributed by atoms with Crippen molar-refractivity contribution in [2.24, 2.45) is 22.6 Å². The van der Waals surface area contributed by atoms with Gasteiger partial charge in [0.05, 0.1) is 11.4 Å². The van der Waals surface area contributed by atoms with Gasteiger partial charge in [-0.15, -0.1) is 12.8 Å². The molecule has 1 saturated carbocycles. The van der Waals surface area contributed by atoms with E-state index >= 15 is 0 Å². The van der Waals surface area contributed by atoms with Crippen LogP contribution < -0.4 is 16.0 Å². The number of fused-ring (bicyclic) bond motifs is 1. The Kier molecular flexibility index (Phi) is 15.0. The first kappa shape index (κ1) is 35.8. The van der Waals surface area contributed by atoms with Gasteiger partial charge >= 0.3 is 6.18 Å². The van der Waals surface area contributed by atoms with Crippen LogP contribution in [0.3, 0.4) is 0 Å². The highest BCUT2D eigenvalue weighted by atomic mass is 19.4. The van der Waals surface area contributed by atoms with E-state index < -0.39 is 55.5 Å². The Morgan fingerprint density at radius 1 is 1.19 bits per heavy atom. The lowest BCUT2D eigenvalue weighted by molar-refractivity contribution is -0.142. The summed E-state index contributed by atoms with van der Waals surface area (Å²) in [5.41, 5.74) is 4.92. The summed E-state index contributed by atoms with van der Waals surface area (Å²) in [7, 11) is 0. The standard InChI is InChI=1S/C23H23F4N3O3.C4H8.C2H2.CH3NO/c1-2-14(11-12-23(25,26)27)21(32)29-20-22(33)30(13-31)19-16(9-6-10-17(19)24)18(28-20)15-7-4-3-5-8-15;1-4-2-3-4;1-2;2-1-3/h3-10,14,20,31H,2,11-13H2,1H3,(H,29,32);4H,2-3H2,1H3;1-2H;1H,(H2,2,3)/t14-,20+;;;/m0.../s1. The minimum atomic E-state index is -4.42. The van der Waals surface area contributed by atoms with Crippen molar-refractivity contribution >= 4 is 29.6 Å². The lowest BCUT2D eigenvalue weighted by Crippen LogP contribution is -2.49. The molecule has 0 saturated heterocycles. The van der Waals surface area contributed by atoms with Crippen LogP contribution in [0.25, 0.3) is 0 Å². The van der Waals surface area contributed by atoms with Crippen LogP contribution in [0.15, 0.2) is 53.5 Å². The second-order valence-corrected chi connectivity index (χ2v) is 9.38. The Morgan fingerprint density at radius 3 is 2.24 bits per heavy atom. The van der Waals surface area contributed by atoms with Crippen molar-refractivity contribution in [1.82, 2.24) is 5.32 Å². The molecule has 0 bridgehead atoms. The molecule has 2 atom stereocenters. The fraction of sp³-hybridized carbons (Fsp3) is 0.400. The van der Waals surface area contributed by atoms with Gasteiger partial charge in [0.1, 0.15) is 12.5 Å². The fourth-order valence-electron chi connectivity index (χ4n) is 3.83. The quantitative estimate of drug-likeness (QED) is 0.248. The number of hydrogen-bond acceptors (Lipinski definition) is 5. The van der Waals surface area contributed by atoms with E-state index in [0.29, 0.717) is 5.56 Å². The zero-order valence-corrected chi connectivity index (χ0v) is 23.5. The van der Waals surface area contributed by atoms with Crippen LogP contribution in [0.4, 0.5) is 23.2 Å². The summed E-state index contributed by atoms with van der Waals surface area (Å²) in [6.45, 7) is 2.96. The Bertz CT molecular complexity index is 1210. The van der Waals surface area contributed by atoms with Gasteiger partial charge in [-0.25, -0.2) is 9.38 Å². The predicted octanol–water partition coefficient (Wildman–Crippen LogP) is 4.54. The molecule has 1 fully saturated rings. The third-order valence-corrected chi connectivity index (χ3v) is 6.24. The van der Waals surface area contributed by atoms with Crippen molar-refractivity contribution < 1.29 is 37.1 Å². The second-order valence-electron chi connectivity index (χ2n) is 9.38. The maximum absolute atomic E-state index is 14.8. The molecule has 0 aromatic heterocycles. The van der Waals surface area contributed by atoms with Crippen molar-refractivity contribution in [3.63, 3.8) is 0 Å². The summed E-state index contributed by atoms with van der Waals surface area (Å²) in [6.07, 6.45) is 3.77. The highest BCUT2D eigenvalue weighted by Crippen LogP contribution is 2.31. The van der Waals surface area contributed by atoms with Gasteiger partial charge in [0.25, 0.3) is 5.91 Å². The van der Waals surface area contributed by atoms with Crippen molar-refractivity contribution in [1.29, 1.82) is 0 Å². The number of rotatable bonds is 7. The molecule has 1 aliphatic carbocycles. The van der Waals surface area contributed by atoms with E-state index in [1.54, 1.807) is 37.3 Å². The van der Waals surface area contributed by atoms with E-state index in [1.165, 1.54) is 25.0 Å². The number of carbonyl (C=O) groups is 3. The third-order valence-electron chi connectivity index (χ3n) is 6.24. The van der Waals surface area contributed by atoms with Gasteiger partial charge in [-0.1, -0.05) is 69.2 Å². The molecule has 42 heavy (non-hydrogen) atoms. The van der Waals surface area contributed by atoms with E-state index in [9.17, 15) is 32.3 Å². The zero-order valence-electron chi connectivity index (χ0n) is 23.5. The molecule has 4 N–H and O–H groups in total. The van der Waals surface area contributed by atoms with Crippen molar-refractivity contribution in [3.05, 3.63) is 65.5 Å². The number of carbonyl (C=O) groups excluding carboxylic acids is 3. The van der Waals surface area contributed by atoms with Gasteiger partial charge in [0.15, 0.2) is 0 Å². The normalized spacial score (nSPS) is 16.3. The van der Waals surface area contributed by atoms with Crippen LogP contribution >= 0.6 is 0 Å². The molecule has 2 aliphatic rings. The zero-order chi connectivity index (χ0) is 31.9. The minimum absolute atomic E-state index is 0.122. The maximum atomic E-state index is 14.8. The van der Waals surface area contributed by atoms with E-state index in [2.05, 4.69) is 35.8 Å². The van der Waals surface area contributed by atoms with Gasteiger partial charge in [0, 0.05) is 23.5 Å². The van der Waals surface area contributed by atoms with Gasteiger partial charge in [0.2, 0.25) is 18.5 Å². The Balaban J connectivity index is 0.000000855. The van der Waals surface area contributed by atoms with E-state index in [-0.39, 0.29) is 29.8 Å². The summed E-state index contributed by atoms with van der Waals surface area (Å²) in [4.78, 5) is 39.6. The number of hydrogen-bond donors (Lipinski definition) is 3. The number of amides is 3. The molecule has 4 rings (SSSR count). The molecule has 0 spiro atoms. The number of terminal acetylenes is 1. The van der Waals surface area contributed by atoms with Crippen LogP contribution in [0, 0.1) is 30.5 Å². The average molecular weight is 593 g/mol. The highest BCUT2D eigenvalue weighted by molar-refractivity contribution is 6.20. The smallest absolute Gasteiger partial charge is 0.376 e. The predicted molar refractivity (Wildman–Crippen MR) is 153 cm³/mol. The van der Waals surface area contributed by atoms with Crippen molar-refractivity contribution in [3.8, 4) is 12.8 Å². The number of aliphatic imine (C=N–C) groups is 1.